The van der Waals surface area contributed by atoms with Crippen molar-refractivity contribution in [2.75, 3.05) is 23.4 Å². The number of rotatable bonds is 4. The van der Waals surface area contributed by atoms with Gasteiger partial charge in [-0.15, -0.1) is 0 Å². The molecule has 1 unspecified atom stereocenters. The van der Waals surface area contributed by atoms with Gasteiger partial charge in [0.15, 0.2) is 9.84 Å². The van der Waals surface area contributed by atoms with Crippen molar-refractivity contribution in [2.24, 2.45) is 0 Å². The first kappa shape index (κ1) is 17.8. The molecule has 1 fully saturated rings. The molecular formula is C12H13ClF3N3O3S. The molecule has 1 aliphatic rings. The Morgan fingerprint density at radius 1 is 1.43 bits per heavy atom. The Balaban J connectivity index is 1.90. The highest BCUT2D eigenvalue weighted by Crippen LogP contribution is 2.32. The van der Waals surface area contributed by atoms with E-state index in [-0.39, 0.29) is 28.9 Å². The van der Waals surface area contributed by atoms with Gasteiger partial charge in [0.1, 0.15) is 5.82 Å². The molecule has 0 spiro atoms. The Bertz CT molecular complexity index is 709. The number of aromatic nitrogens is 1. The zero-order valence-corrected chi connectivity index (χ0v) is 13.2. The second-order valence-corrected chi connectivity index (χ2v) is 7.71. The fraction of sp³-hybridized carbons (Fsp3) is 0.500. The van der Waals surface area contributed by atoms with Crippen molar-refractivity contribution in [1.29, 1.82) is 0 Å². The standard InChI is InChI=1S/C12H13ClF3N3O3S/c13-9-3-7(12(14,15)16)4-17-11(9)18-5-10(20)19-8-1-2-23(21,22)6-8/h3-4,8H,1-2,5-6H2,(H,17,18)(H,19,20). The first-order valence-electron chi connectivity index (χ1n) is 6.53. The van der Waals surface area contributed by atoms with E-state index < -0.39 is 33.5 Å². The summed E-state index contributed by atoms with van der Waals surface area (Å²) in [6.45, 7) is -0.283. The predicted octanol–water partition coefficient (Wildman–Crippen LogP) is 1.47. The monoisotopic (exact) mass is 371 g/mol. The normalized spacial score (nSPS) is 20.3. The second kappa shape index (κ2) is 6.52. The molecule has 2 rings (SSSR count). The lowest BCUT2D eigenvalue weighted by Crippen LogP contribution is -2.39. The molecule has 2 heterocycles. The number of halogens is 4. The molecule has 23 heavy (non-hydrogen) atoms. The average molecular weight is 372 g/mol. The minimum Gasteiger partial charge on any atom is -0.360 e. The van der Waals surface area contributed by atoms with E-state index in [4.69, 9.17) is 11.6 Å². The summed E-state index contributed by atoms with van der Waals surface area (Å²) in [5.74, 6) is -0.644. The molecule has 6 nitrogen and oxygen atoms in total. The molecule has 1 aromatic heterocycles. The summed E-state index contributed by atoms with van der Waals surface area (Å²) in [5.41, 5.74) is -0.992. The summed E-state index contributed by atoms with van der Waals surface area (Å²) in [4.78, 5) is 15.2. The molecule has 0 aromatic carbocycles. The Labute approximate surface area is 135 Å². The summed E-state index contributed by atoms with van der Waals surface area (Å²) in [6, 6.07) is 0.253. The number of anilines is 1. The number of alkyl halides is 3. The van der Waals surface area contributed by atoms with Crippen LogP contribution >= 0.6 is 11.6 Å². The molecule has 2 N–H and O–H groups in total. The third kappa shape index (κ3) is 4.96. The van der Waals surface area contributed by atoms with Gasteiger partial charge in [0, 0.05) is 12.2 Å². The van der Waals surface area contributed by atoms with E-state index in [2.05, 4.69) is 15.6 Å². The van der Waals surface area contributed by atoms with Crippen molar-refractivity contribution < 1.29 is 26.4 Å². The predicted molar refractivity (Wildman–Crippen MR) is 77.9 cm³/mol. The van der Waals surface area contributed by atoms with E-state index in [1.807, 2.05) is 0 Å². The minimum atomic E-state index is -4.56. The van der Waals surface area contributed by atoms with Crippen molar-refractivity contribution in [3.05, 3.63) is 22.8 Å². The van der Waals surface area contributed by atoms with Crippen LogP contribution in [0.3, 0.4) is 0 Å². The first-order valence-corrected chi connectivity index (χ1v) is 8.73. The van der Waals surface area contributed by atoms with Crippen LogP contribution < -0.4 is 10.6 Å². The van der Waals surface area contributed by atoms with Gasteiger partial charge in [-0.05, 0) is 12.5 Å². The Hall–Kier alpha value is -1.55. The maximum Gasteiger partial charge on any atom is 0.417 e. The van der Waals surface area contributed by atoms with Crippen LogP contribution in [0.15, 0.2) is 12.3 Å². The van der Waals surface area contributed by atoms with Crippen LogP contribution in [0.25, 0.3) is 0 Å². The molecule has 1 aromatic rings. The van der Waals surface area contributed by atoms with Gasteiger partial charge in [0.2, 0.25) is 5.91 Å². The number of carbonyl (C=O) groups excluding carboxylic acids is 1. The molecule has 1 atom stereocenters. The van der Waals surface area contributed by atoms with Crippen LogP contribution in [0.5, 0.6) is 0 Å². The topological polar surface area (TPSA) is 88.2 Å². The van der Waals surface area contributed by atoms with Gasteiger partial charge in [0.05, 0.1) is 28.6 Å². The quantitative estimate of drug-likeness (QED) is 0.836. The summed E-state index contributed by atoms with van der Waals surface area (Å²) in [5, 5.41) is 4.77. The highest BCUT2D eigenvalue weighted by atomic mass is 35.5. The Morgan fingerprint density at radius 2 is 2.13 bits per heavy atom. The number of sulfone groups is 1. The van der Waals surface area contributed by atoms with Crippen LogP contribution in [0.1, 0.15) is 12.0 Å². The van der Waals surface area contributed by atoms with Crippen molar-refractivity contribution in [3.8, 4) is 0 Å². The molecule has 1 aliphatic heterocycles. The van der Waals surface area contributed by atoms with E-state index in [0.29, 0.717) is 18.7 Å². The number of amides is 1. The van der Waals surface area contributed by atoms with Gasteiger partial charge in [-0.1, -0.05) is 11.6 Å². The first-order chi connectivity index (χ1) is 10.6. The number of carbonyl (C=O) groups is 1. The largest absolute Gasteiger partial charge is 0.417 e. The second-order valence-electron chi connectivity index (χ2n) is 5.07. The number of hydrogen-bond acceptors (Lipinski definition) is 5. The average Bonchev–Trinajstić information content (AvgIpc) is 2.75. The fourth-order valence-electron chi connectivity index (χ4n) is 2.07. The van der Waals surface area contributed by atoms with Gasteiger partial charge in [-0.25, -0.2) is 13.4 Å². The molecule has 11 heteroatoms. The summed E-state index contributed by atoms with van der Waals surface area (Å²) in [7, 11) is -3.11. The van der Waals surface area contributed by atoms with E-state index in [9.17, 15) is 26.4 Å². The van der Waals surface area contributed by atoms with Crippen LogP contribution in [0.4, 0.5) is 19.0 Å². The van der Waals surface area contributed by atoms with E-state index in [0.717, 1.165) is 0 Å². The lowest BCUT2D eigenvalue weighted by molar-refractivity contribution is -0.137. The van der Waals surface area contributed by atoms with Crippen LogP contribution in [0, 0.1) is 0 Å². The van der Waals surface area contributed by atoms with Crippen LogP contribution in [-0.4, -0.2) is 43.4 Å². The van der Waals surface area contributed by atoms with Crippen molar-refractivity contribution >= 4 is 33.2 Å². The molecule has 1 amide bonds. The highest BCUT2D eigenvalue weighted by molar-refractivity contribution is 7.91. The highest BCUT2D eigenvalue weighted by Gasteiger charge is 2.32. The van der Waals surface area contributed by atoms with Gasteiger partial charge < -0.3 is 10.6 Å². The minimum absolute atomic E-state index is 0.0255. The molecule has 0 aliphatic carbocycles. The molecule has 0 saturated carbocycles. The lowest BCUT2D eigenvalue weighted by atomic mass is 10.2. The van der Waals surface area contributed by atoms with Crippen molar-refractivity contribution in [2.45, 2.75) is 18.6 Å². The third-order valence-corrected chi connectivity index (χ3v) is 5.24. The smallest absolute Gasteiger partial charge is 0.360 e. The number of pyridine rings is 1. The van der Waals surface area contributed by atoms with Gasteiger partial charge >= 0.3 is 6.18 Å². The lowest BCUT2D eigenvalue weighted by Gasteiger charge is -2.13. The fourth-order valence-corrected chi connectivity index (χ4v) is 3.98. The Kier molecular flexibility index (Phi) is 5.04. The maximum atomic E-state index is 12.5. The molecule has 0 radical (unpaired) electrons. The summed E-state index contributed by atoms with van der Waals surface area (Å²) in [6.07, 6.45) is -3.61. The van der Waals surface area contributed by atoms with E-state index >= 15 is 0 Å². The zero-order valence-electron chi connectivity index (χ0n) is 11.7. The molecule has 1 saturated heterocycles. The maximum absolute atomic E-state index is 12.5. The summed E-state index contributed by atoms with van der Waals surface area (Å²) < 4.78 is 60.0. The zero-order chi connectivity index (χ0) is 17.3. The van der Waals surface area contributed by atoms with Gasteiger partial charge in [-0.3, -0.25) is 4.79 Å². The number of nitrogens with one attached hydrogen (secondary N) is 2. The van der Waals surface area contributed by atoms with Gasteiger partial charge in [-0.2, -0.15) is 13.2 Å². The summed E-state index contributed by atoms with van der Waals surface area (Å²) >= 11 is 5.69. The van der Waals surface area contributed by atoms with Crippen molar-refractivity contribution in [1.82, 2.24) is 10.3 Å². The third-order valence-electron chi connectivity index (χ3n) is 3.18. The number of hydrogen-bond donors (Lipinski definition) is 2. The molecule has 128 valence electrons. The van der Waals surface area contributed by atoms with Crippen LogP contribution in [0.2, 0.25) is 5.02 Å². The Morgan fingerprint density at radius 3 is 2.65 bits per heavy atom. The SMILES string of the molecule is O=C(CNc1ncc(C(F)(F)F)cc1Cl)NC1CCS(=O)(=O)C1. The molecule has 0 bridgehead atoms. The van der Waals surface area contributed by atoms with Crippen molar-refractivity contribution in [3.63, 3.8) is 0 Å². The number of nitrogens with zero attached hydrogens (tertiary/aromatic N) is 1. The van der Waals surface area contributed by atoms with Gasteiger partial charge in [0.25, 0.3) is 0 Å². The van der Waals surface area contributed by atoms with E-state index in [1.54, 1.807) is 0 Å². The molecular weight excluding hydrogens is 359 g/mol. The van der Waals surface area contributed by atoms with Crippen LogP contribution in [-0.2, 0) is 20.8 Å². The van der Waals surface area contributed by atoms with E-state index in [1.165, 1.54) is 0 Å².